The Morgan fingerprint density at radius 2 is 1.83 bits per heavy atom. The lowest BCUT2D eigenvalue weighted by atomic mass is 10.1. The highest BCUT2D eigenvalue weighted by atomic mass is 32.2. The molecular formula is C19H24N2O2S. The third kappa shape index (κ3) is 6.26. The van der Waals surface area contributed by atoms with Crippen LogP contribution in [0.1, 0.15) is 16.7 Å². The van der Waals surface area contributed by atoms with Crippen molar-refractivity contribution in [3.05, 3.63) is 65.2 Å². The molecule has 0 unspecified atom stereocenters. The molecule has 0 bridgehead atoms. The van der Waals surface area contributed by atoms with Crippen LogP contribution >= 0.6 is 12.0 Å². The maximum atomic E-state index is 11.8. The summed E-state index contributed by atoms with van der Waals surface area (Å²) in [5.41, 5.74) is 3.53. The summed E-state index contributed by atoms with van der Waals surface area (Å²) in [4.78, 5) is 11.8. The lowest BCUT2D eigenvalue weighted by Gasteiger charge is -2.09. The SMILES string of the molecule is Cc1cccc(OSCC(=O)NCCNCc2ccccc2)c1C. The van der Waals surface area contributed by atoms with Crippen molar-refractivity contribution in [3.63, 3.8) is 0 Å². The van der Waals surface area contributed by atoms with E-state index >= 15 is 0 Å². The Morgan fingerprint density at radius 3 is 2.62 bits per heavy atom. The van der Waals surface area contributed by atoms with Crippen molar-refractivity contribution in [2.45, 2.75) is 20.4 Å². The molecule has 0 radical (unpaired) electrons. The normalized spacial score (nSPS) is 10.4. The number of hydrogen-bond donors (Lipinski definition) is 2. The van der Waals surface area contributed by atoms with Gasteiger partial charge in [0, 0.05) is 19.6 Å². The Hall–Kier alpha value is -1.98. The predicted molar refractivity (Wildman–Crippen MR) is 100 cm³/mol. The van der Waals surface area contributed by atoms with Crippen LogP contribution in [0.2, 0.25) is 0 Å². The summed E-state index contributed by atoms with van der Waals surface area (Å²) in [5.74, 6) is 1.08. The maximum absolute atomic E-state index is 11.8. The molecule has 0 spiro atoms. The van der Waals surface area contributed by atoms with E-state index in [1.54, 1.807) is 0 Å². The molecule has 128 valence electrons. The first kappa shape index (κ1) is 18.4. The quantitative estimate of drug-likeness (QED) is 0.542. The second kappa shape index (κ2) is 10.0. The average molecular weight is 344 g/mol. The van der Waals surface area contributed by atoms with Crippen molar-refractivity contribution in [1.29, 1.82) is 0 Å². The fourth-order valence-corrected chi connectivity index (χ4v) is 2.71. The van der Waals surface area contributed by atoms with Gasteiger partial charge in [-0.25, -0.2) is 0 Å². The topological polar surface area (TPSA) is 50.4 Å². The van der Waals surface area contributed by atoms with E-state index in [9.17, 15) is 4.79 Å². The number of aryl methyl sites for hydroxylation is 1. The molecule has 0 heterocycles. The van der Waals surface area contributed by atoms with Gasteiger partial charge < -0.3 is 14.8 Å². The second-order valence-electron chi connectivity index (χ2n) is 5.56. The van der Waals surface area contributed by atoms with Crippen molar-refractivity contribution < 1.29 is 8.98 Å². The van der Waals surface area contributed by atoms with Crippen molar-refractivity contribution in [1.82, 2.24) is 10.6 Å². The summed E-state index contributed by atoms with van der Waals surface area (Å²) in [6, 6.07) is 16.1. The fourth-order valence-electron chi connectivity index (χ4n) is 2.13. The molecule has 2 aromatic carbocycles. The highest BCUT2D eigenvalue weighted by molar-refractivity contribution is 7.95. The van der Waals surface area contributed by atoms with E-state index in [0.717, 1.165) is 24.4 Å². The van der Waals surface area contributed by atoms with Gasteiger partial charge in [0.2, 0.25) is 5.91 Å². The Bertz CT molecular complexity index is 647. The molecule has 0 saturated carbocycles. The monoisotopic (exact) mass is 344 g/mol. The van der Waals surface area contributed by atoms with Gasteiger partial charge in [-0.05, 0) is 36.6 Å². The van der Waals surface area contributed by atoms with E-state index in [1.807, 2.05) is 50.2 Å². The summed E-state index contributed by atoms with van der Waals surface area (Å²) in [6.07, 6.45) is 0. The van der Waals surface area contributed by atoms with Gasteiger partial charge in [0.15, 0.2) is 0 Å². The van der Waals surface area contributed by atoms with Gasteiger partial charge >= 0.3 is 0 Å². The van der Waals surface area contributed by atoms with Crippen LogP contribution in [-0.4, -0.2) is 24.7 Å². The van der Waals surface area contributed by atoms with Crippen LogP contribution in [0.4, 0.5) is 0 Å². The predicted octanol–water partition coefficient (Wildman–Crippen LogP) is 3.24. The third-order valence-electron chi connectivity index (χ3n) is 3.69. The van der Waals surface area contributed by atoms with Crippen LogP contribution in [0.3, 0.4) is 0 Å². The molecule has 0 aliphatic heterocycles. The number of rotatable bonds is 9. The number of nitrogens with one attached hydrogen (secondary N) is 2. The Morgan fingerprint density at radius 1 is 1.04 bits per heavy atom. The van der Waals surface area contributed by atoms with Gasteiger partial charge in [0.05, 0.1) is 12.0 Å². The van der Waals surface area contributed by atoms with Crippen molar-refractivity contribution in [2.24, 2.45) is 0 Å². The van der Waals surface area contributed by atoms with Crippen molar-refractivity contribution in [3.8, 4) is 5.75 Å². The molecule has 0 aliphatic rings. The Balaban J connectivity index is 1.56. The lowest BCUT2D eigenvalue weighted by molar-refractivity contribution is -0.118. The van der Waals surface area contributed by atoms with Crippen LogP contribution in [0.5, 0.6) is 5.75 Å². The molecular weight excluding hydrogens is 320 g/mol. The summed E-state index contributed by atoms with van der Waals surface area (Å²) < 4.78 is 5.61. The number of benzene rings is 2. The molecule has 4 nitrogen and oxygen atoms in total. The zero-order valence-corrected chi connectivity index (χ0v) is 15.0. The van der Waals surface area contributed by atoms with E-state index in [1.165, 1.54) is 23.2 Å². The zero-order chi connectivity index (χ0) is 17.2. The first-order chi connectivity index (χ1) is 11.7. The van der Waals surface area contributed by atoms with Crippen molar-refractivity contribution >= 4 is 17.9 Å². The summed E-state index contributed by atoms with van der Waals surface area (Å²) in [6.45, 7) is 6.21. The van der Waals surface area contributed by atoms with Gasteiger partial charge in [-0.1, -0.05) is 42.5 Å². The molecule has 2 N–H and O–H groups in total. The Labute approximate surface area is 148 Å². The maximum Gasteiger partial charge on any atom is 0.233 e. The highest BCUT2D eigenvalue weighted by Gasteiger charge is 2.05. The molecule has 2 rings (SSSR count). The highest BCUT2D eigenvalue weighted by Crippen LogP contribution is 2.23. The van der Waals surface area contributed by atoms with E-state index in [-0.39, 0.29) is 11.7 Å². The number of carbonyl (C=O) groups excluding carboxylic acids is 1. The van der Waals surface area contributed by atoms with E-state index in [0.29, 0.717) is 6.54 Å². The lowest BCUT2D eigenvalue weighted by Crippen LogP contribution is -2.32. The first-order valence-electron chi connectivity index (χ1n) is 8.04. The minimum Gasteiger partial charge on any atom is -0.425 e. The minimum absolute atomic E-state index is 0.0215. The number of hydrogen-bond acceptors (Lipinski definition) is 4. The zero-order valence-electron chi connectivity index (χ0n) is 14.2. The van der Waals surface area contributed by atoms with E-state index in [2.05, 4.69) is 22.8 Å². The molecule has 0 atom stereocenters. The van der Waals surface area contributed by atoms with E-state index in [4.69, 9.17) is 4.18 Å². The van der Waals surface area contributed by atoms with Crippen LogP contribution in [0.15, 0.2) is 48.5 Å². The number of carbonyl (C=O) groups is 1. The van der Waals surface area contributed by atoms with Crippen molar-refractivity contribution in [2.75, 3.05) is 18.8 Å². The van der Waals surface area contributed by atoms with Crippen LogP contribution in [0.25, 0.3) is 0 Å². The second-order valence-corrected chi connectivity index (χ2v) is 6.25. The molecule has 0 aliphatic carbocycles. The minimum atomic E-state index is -0.0215. The van der Waals surface area contributed by atoms with E-state index < -0.39 is 0 Å². The standard InChI is InChI=1S/C19H24N2O2S/c1-15-7-6-10-18(16(15)2)23-24-14-19(22)21-12-11-20-13-17-8-4-3-5-9-17/h3-10,20H,11-14H2,1-2H3,(H,21,22). The summed E-state index contributed by atoms with van der Waals surface area (Å²) >= 11 is 1.17. The summed E-state index contributed by atoms with van der Waals surface area (Å²) in [5, 5.41) is 6.18. The van der Waals surface area contributed by atoms with Gasteiger partial charge in [-0.3, -0.25) is 4.79 Å². The fraction of sp³-hybridized carbons (Fsp3) is 0.316. The van der Waals surface area contributed by atoms with Crippen LogP contribution in [-0.2, 0) is 11.3 Å². The van der Waals surface area contributed by atoms with Gasteiger partial charge in [0.1, 0.15) is 11.5 Å². The average Bonchev–Trinajstić information content (AvgIpc) is 2.59. The molecule has 0 saturated heterocycles. The number of amides is 1. The Kier molecular flexibility index (Phi) is 7.65. The van der Waals surface area contributed by atoms with Gasteiger partial charge in [-0.2, -0.15) is 0 Å². The van der Waals surface area contributed by atoms with Crippen LogP contribution in [0, 0.1) is 13.8 Å². The molecule has 0 fully saturated rings. The van der Waals surface area contributed by atoms with Gasteiger partial charge in [0.25, 0.3) is 0 Å². The summed E-state index contributed by atoms with van der Waals surface area (Å²) in [7, 11) is 0. The molecule has 0 aromatic heterocycles. The first-order valence-corrected chi connectivity index (χ1v) is 8.95. The largest absolute Gasteiger partial charge is 0.425 e. The molecule has 24 heavy (non-hydrogen) atoms. The van der Waals surface area contributed by atoms with Crippen LogP contribution < -0.4 is 14.8 Å². The molecule has 5 heteroatoms. The third-order valence-corrected chi connectivity index (χ3v) is 4.37. The molecule has 2 aromatic rings. The van der Waals surface area contributed by atoms with Gasteiger partial charge in [-0.15, -0.1) is 0 Å². The molecule has 1 amide bonds. The smallest absolute Gasteiger partial charge is 0.233 e.